The Kier molecular flexibility index (Phi) is 11.4. The van der Waals surface area contributed by atoms with Gasteiger partial charge in [-0.2, -0.15) is 0 Å². The van der Waals surface area contributed by atoms with Gasteiger partial charge in [0.25, 0.3) is 5.91 Å². The molecule has 0 unspecified atom stereocenters. The number of amides is 3. The summed E-state index contributed by atoms with van der Waals surface area (Å²) in [4.78, 5) is 68.8. The van der Waals surface area contributed by atoms with Gasteiger partial charge in [0.05, 0.1) is 56.8 Å². The molecule has 0 saturated heterocycles. The molecule has 0 radical (unpaired) electrons. The largest absolute Gasteiger partial charge is 0.496 e. The number of nitrogens with zero attached hydrogens (tertiary/aromatic N) is 2. The number of nitrogens with two attached hydrogens (primary N) is 1. The highest BCUT2D eigenvalue weighted by molar-refractivity contribution is 6.08. The molecule has 48 heavy (non-hydrogen) atoms. The Morgan fingerprint density at radius 2 is 1.73 bits per heavy atom. The molecular formula is C35H43N5O8. The number of hydrogen-bond acceptors (Lipinski definition) is 10. The summed E-state index contributed by atoms with van der Waals surface area (Å²) in [5.41, 5.74) is 6.99. The van der Waals surface area contributed by atoms with E-state index in [-0.39, 0.29) is 38.5 Å². The van der Waals surface area contributed by atoms with Gasteiger partial charge in [0, 0.05) is 18.5 Å². The molecular weight excluding hydrogens is 618 g/mol. The van der Waals surface area contributed by atoms with Crippen molar-refractivity contribution in [3.63, 3.8) is 0 Å². The van der Waals surface area contributed by atoms with Gasteiger partial charge >= 0.3 is 11.9 Å². The molecule has 0 aliphatic carbocycles. The number of ether oxygens (including phenoxy) is 3. The molecule has 0 saturated carbocycles. The van der Waals surface area contributed by atoms with E-state index >= 15 is 0 Å². The lowest BCUT2D eigenvalue weighted by atomic mass is 10.00. The van der Waals surface area contributed by atoms with Gasteiger partial charge in [0.2, 0.25) is 11.8 Å². The number of benzene rings is 3. The predicted octanol–water partition coefficient (Wildman–Crippen LogP) is 2.67. The molecule has 1 aliphatic rings. The zero-order valence-electron chi connectivity index (χ0n) is 28.1. The number of rotatable bonds is 11. The summed E-state index contributed by atoms with van der Waals surface area (Å²) < 4.78 is 15.9. The highest BCUT2D eigenvalue weighted by Gasteiger charge is 2.38. The number of anilines is 2. The van der Waals surface area contributed by atoms with E-state index < -0.39 is 41.4 Å². The van der Waals surface area contributed by atoms with Gasteiger partial charge in [-0.05, 0) is 68.8 Å². The molecule has 1 heterocycles. The molecule has 13 heteroatoms. The molecule has 4 rings (SSSR count). The average molecular weight is 662 g/mol. The summed E-state index contributed by atoms with van der Waals surface area (Å²) in [5, 5.41) is 7.09. The zero-order chi connectivity index (χ0) is 35.2. The topological polar surface area (TPSA) is 170 Å². The average Bonchev–Trinajstić information content (AvgIpc) is 3.16. The molecule has 2 atom stereocenters. The molecule has 13 nitrogen and oxygen atoms in total. The Bertz CT molecular complexity index is 1700. The summed E-state index contributed by atoms with van der Waals surface area (Å²) in [6, 6.07) is 13.6. The van der Waals surface area contributed by atoms with E-state index in [1.807, 2.05) is 6.07 Å². The van der Waals surface area contributed by atoms with Crippen molar-refractivity contribution in [1.82, 2.24) is 10.6 Å². The van der Waals surface area contributed by atoms with Crippen LogP contribution in [0.25, 0.3) is 10.8 Å². The fraction of sp³-hybridized carbons (Fsp3) is 0.400. The van der Waals surface area contributed by atoms with Crippen LogP contribution in [0.15, 0.2) is 54.6 Å². The summed E-state index contributed by atoms with van der Waals surface area (Å²) in [6.45, 7) is 6.53. The highest BCUT2D eigenvalue weighted by atomic mass is 16.6. The fourth-order valence-corrected chi connectivity index (χ4v) is 5.49. The Balaban J connectivity index is 1.73. The Morgan fingerprint density at radius 1 is 1.02 bits per heavy atom. The summed E-state index contributed by atoms with van der Waals surface area (Å²) >= 11 is 0. The Labute approximate surface area is 279 Å². The first-order valence-electron chi connectivity index (χ1n) is 15.6. The number of carbonyl (C=O) groups excluding carboxylic acids is 5. The van der Waals surface area contributed by atoms with Gasteiger partial charge in [-0.1, -0.05) is 24.3 Å². The van der Waals surface area contributed by atoms with Crippen LogP contribution in [0.2, 0.25) is 0 Å². The minimum Gasteiger partial charge on any atom is -0.496 e. The summed E-state index contributed by atoms with van der Waals surface area (Å²) in [5.74, 6) is -1.85. The molecule has 1 aliphatic heterocycles. The molecule has 0 spiro atoms. The van der Waals surface area contributed by atoms with Gasteiger partial charge in [0.15, 0.2) is 0 Å². The number of hydrogen-bond donors (Lipinski definition) is 3. The normalized spacial score (nSPS) is 15.3. The smallest absolute Gasteiger partial charge is 0.337 e. The van der Waals surface area contributed by atoms with E-state index in [0.717, 1.165) is 10.8 Å². The van der Waals surface area contributed by atoms with Crippen LogP contribution in [0.5, 0.6) is 5.75 Å². The van der Waals surface area contributed by atoms with E-state index in [4.69, 9.17) is 19.9 Å². The lowest BCUT2D eigenvalue weighted by Crippen LogP contribution is -2.56. The maximum Gasteiger partial charge on any atom is 0.337 e. The van der Waals surface area contributed by atoms with Crippen LogP contribution in [0, 0.1) is 0 Å². The van der Waals surface area contributed by atoms with Crippen molar-refractivity contribution in [2.75, 3.05) is 43.7 Å². The molecule has 0 aromatic heterocycles. The van der Waals surface area contributed by atoms with Crippen LogP contribution in [0.1, 0.15) is 50.0 Å². The highest BCUT2D eigenvalue weighted by Crippen LogP contribution is 2.37. The van der Waals surface area contributed by atoms with E-state index in [1.54, 1.807) is 76.2 Å². The summed E-state index contributed by atoms with van der Waals surface area (Å²) in [6.07, 6.45) is 0.0245. The number of nitrogens with one attached hydrogen (secondary N) is 2. The third kappa shape index (κ3) is 8.28. The number of carbonyl (C=O) groups is 5. The van der Waals surface area contributed by atoms with Crippen LogP contribution >= 0.6 is 0 Å². The van der Waals surface area contributed by atoms with Crippen molar-refractivity contribution in [1.29, 1.82) is 0 Å². The number of methoxy groups -OCH3 is 2. The number of para-hydroxylation sites is 2. The van der Waals surface area contributed by atoms with Gasteiger partial charge < -0.3 is 35.1 Å². The molecule has 3 aromatic carbocycles. The minimum absolute atomic E-state index is 0.00562. The van der Waals surface area contributed by atoms with Crippen LogP contribution < -0.4 is 30.9 Å². The van der Waals surface area contributed by atoms with Gasteiger partial charge in [0.1, 0.15) is 17.4 Å². The molecule has 0 bridgehead atoms. The maximum absolute atomic E-state index is 14.5. The maximum atomic E-state index is 14.5. The van der Waals surface area contributed by atoms with Crippen LogP contribution in [0.3, 0.4) is 0 Å². The van der Waals surface area contributed by atoms with Crippen molar-refractivity contribution < 1.29 is 38.2 Å². The lowest BCUT2D eigenvalue weighted by Gasteiger charge is -2.27. The Morgan fingerprint density at radius 3 is 2.38 bits per heavy atom. The molecule has 3 aromatic rings. The van der Waals surface area contributed by atoms with E-state index in [9.17, 15) is 24.0 Å². The quantitative estimate of drug-likeness (QED) is 0.260. The predicted molar refractivity (Wildman–Crippen MR) is 181 cm³/mol. The standard InChI is InChI=1S/C35H43N5O8/c1-21(37-18-31(42)48-35(2,3)4)32(43)38-26-20-39(30(41)15-16-36)27-9-7-8-10-28(27)40(33(26)44)19-25-24-13-11-23(34(45)47-6)17-22(24)12-14-29(25)46-5/h7-14,17,21,26,37H,15-16,18-20,36H2,1-6H3,(H,38,43)/t21-,26-/m0/s1. The fourth-order valence-electron chi connectivity index (χ4n) is 5.49. The SMILES string of the molecule is COC(=O)c1ccc2c(CN3C(=O)[C@@H](NC(=O)[C@H](C)NCC(=O)OC(C)(C)C)CN(C(=O)CCN)c4ccccc43)c(OC)ccc2c1. The van der Waals surface area contributed by atoms with Crippen molar-refractivity contribution in [3.8, 4) is 5.75 Å². The number of esters is 2. The van der Waals surface area contributed by atoms with Crippen molar-refractivity contribution in [3.05, 3.63) is 65.7 Å². The van der Waals surface area contributed by atoms with Gasteiger partial charge in [-0.15, -0.1) is 0 Å². The third-order valence-electron chi connectivity index (χ3n) is 7.78. The van der Waals surface area contributed by atoms with E-state index in [1.165, 1.54) is 24.0 Å². The van der Waals surface area contributed by atoms with Crippen LogP contribution in [-0.2, 0) is 35.2 Å². The molecule has 0 fully saturated rings. The van der Waals surface area contributed by atoms with Crippen LogP contribution in [0.4, 0.5) is 11.4 Å². The van der Waals surface area contributed by atoms with Crippen molar-refractivity contribution in [2.45, 2.75) is 58.3 Å². The van der Waals surface area contributed by atoms with Gasteiger partial charge in [-0.25, -0.2) is 4.79 Å². The molecule has 4 N–H and O–H groups in total. The van der Waals surface area contributed by atoms with Crippen molar-refractivity contribution in [2.24, 2.45) is 5.73 Å². The second-order valence-electron chi connectivity index (χ2n) is 12.4. The first kappa shape index (κ1) is 35.8. The van der Waals surface area contributed by atoms with E-state index in [2.05, 4.69) is 10.6 Å². The molecule has 3 amide bonds. The molecule has 256 valence electrons. The van der Waals surface area contributed by atoms with Crippen LogP contribution in [-0.4, -0.2) is 81.2 Å². The second kappa shape index (κ2) is 15.3. The van der Waals surface area contributed by atoms with Gasteiger partial charge in [-0.3, -0.25) is 24.5 Å². The number of fused-ring (bicyclic) bond motifs is 2. The van der Waals surface area contributed by atoms with E-state index in [0.29, 0.717) is 28.3 Å². The first-order valence-corrected chi connectivity index (χ1v) is 15.6. The lowest BCUT2D eigenvalue weighted by molar-refractivity contribution is -0.153. The second-order valence-corrected chi connectivity index (χ2v) is 12.4. The zero-order valence-corrected chi connectivity index (χ0v) is 28.1. The third-order valence-corrected chi connectivity index (χ3v) is 7.78. The van der Waals surface area contributed by atoms with Crippen molar-refractivity contribution >= 4 is 51.8 Å². The summed E-state index contributed by atoms with van der Waals surface area (Å²) in [7, 11) is 2.83. The first-order chi connectivity index (χ1) is 22.8. The monoisotopic (exact) mass is 661 g/mol. The Hall–Kier alpha value is -5.01. The minimum atomic E-state index is -1.16.